The number of hydrogen-bond acceptors (Lipinski definition) is 9. The number of carbonyl (C=O) groups excluding carboxylic acids is 2. The van der Waals surface area contributed by atoms with E-state index >= 15 is 0 Å². The van der Waals surface area contributed by atoms with Gasteiger partial charge >= 0.3 is 0 Å². The van der Waals surface area contributed by atoms with Crippen molar-refractivity contribution >= 4 is 45.7 Å². The van der Waals surface area contributed by atoms with Crippen LogP contribution in [0.2, 0.25) is 0 Å². The average molecular weight is 556 g/mol. The molecule has 2 aliphatic heterocycles. The number of nitrogens with zero attached hydrogens (tertiary/aromatic N) is 5. The van der Waals surface area contributed by atoms with Crippen LogP contribution in [-0.2, 0) is 11.3 Å². The Morgan fingerprint density at radius 2 is 1.95 bits per heavy atom. The summed E-state index contributed by atoms with van der Waals surface area (Å²) in [5, 5.41) is 7.35. The number of fused-ring (bicyclic) bond motifs is 1. The molecule has 3 aromatic heterocycles. The number of nitrogens with one attached hydrogen (secondary N) is 2. The standard InChI is InChI=1S/C29H26FN7O2S/c30-24-17-34-25(23-16-32-14-19-3-1-2-4-22(19)23)11-20(24)15-31-13-18-6-9-37(10-7-18)28-33-8-5-21(35-28)12-26-27(38)36-29(39)40-26/h1-5,8,11-12,14,16-18,31H,6-7,9-10,13,15H2,(H,36,38,39)/b26-12-. The van der Waals surface area contributed by atoms with Gasteiger partial charge in [-0.15, -0.1) is 0 Å². The SMILES string of the molecule is O=C1NC(=O)/C(=C/c2ccnc(N3CCC(CNCc4cc(-c5cncc6ccccc56)ncc4F)CC3)n2)S1. The van der Waals surface area contributed by atoms with Gasteiger partial charge in [-0.05, 0) is 60.7 Å². The van der Waals surface area contributed by atoms with Crippen LogP contribution in [0.4, 0.5) is 15.1 Å². The molecular formula is C29H26FN7O2S. The van der Waals surface area contributed by atoms with E-state index in [-0.39, 0.29) is 11.1 Å². The maximum absolute atomic E-state index is 14.6. The molecule has 0 aliphatic carbocycles. The van der Waals surface area contributed by atoms with Crippen molar-refractivity contribution in [2.24, 2.45) is 5.92 Å². The van der Waals surface area contributed by atoms with Gasteiger partial charge in [-0.25, -0.2) is 14.4 Å². The van der Waals surface area contributed by atoms with Crippen LogP contribution in [0.5, 0.6) is 0 Å². The molecule has 0 unspecified atom stereocenters. The second-order valence-electron chi connectivity index (χ2n) is 9.76. The number of amides is 2. The van der Waals surface area contributed by atoms with Gasteiger partial charge in [0.05, 0.1) is 22.5 Å². The summed E-state index contributed by atoms with van der Waals surface area (Å²) in [4.78, 5) is 43.3. The number of anilines is 1. The molecule has 0 spiro atoms. The van der Waals surface area contributed by atoms with Gasteiger partial charge in [-0.1, -0.05) is 24.3 Å². The van der Waals surface area contributed by atoms with Crippen molar-refractivity contribution < 1.29 is 14.0 Å². The Morgan fingerprint density at radius 1 is 1.10 bits per heavy atom. The van der Waals surface area contributed by atoms with Crippen LogP contribution in [0.1, 0.15) is 24.1 Å². The zero-order valence-corrected chi connectivity index (χ0v) is 22.3. The van der Waals surface area contributed by atoms with Crippen LogP contribution in [0, 0.1) is 11.7 Å². The van der Waals surface area contributed by atoms with Gasteiger partial charge in [0.1, 0.15) is 5.82 Å². The van der Waals surface area contributed by atoms with Crippen molar-refractivity contribution in [2.75, 3.05) is 24.5 Å². The number of rotatable bonds is 7. The molecule has 0 atom stereocenters. The van der Waals surface area contributed by atoms with E-state index < -0.39 is 5.91 Å². The molecule has 1 aromatic carbocycles. The van der Waals surface area contributed by atoms with Crippen molar-refractivity contribution in [3.63, 3.8) is 0 Å². The minimum Gasteiger partial charge on any atom is -0.341 e. The van der Waals surface area contributed by atoms with E-state index in [1.165, 1.54) is 6.20 Å². The topological polar surface area (TPSA) is 113 Å². The maximum atomic E-state index is 14.6. The third-order valence-corrected chi connectivity index (χ3v) is 7.92. The van der Waals surface area contributed by atoms with Gasteiger partial charge in [-0.3, -0.25) is 24.9 Å². The summed E-state index contributed by atoms with van der Waals surface area (Å²) < 4.78 is 14.6. The molecule has 2 N–H and O–H groups in total. The van der Waals surface area contributed by atoms with Gasteiger partial charge in [0.15, 0.2) is 0 Å². The third-order valence-electron chi connectivity index (χ3n) is 7.11. The van der Waals surface area contributed by atoms with Gasteiger partial charge < -0.3 is 10.2 Å². The van der Waals surface area contributed by atoms with Crippen LogP contribution in [0.3, 0.4) is 0 Å². The fourth-order valence-corrected chi connectivity index (χ4v) is 5.65. The van der Waals surface area contributed by atoms with Gasteiger partial charge in [0, 0.05) is 54.7 Å². The largest absolute Gasteiger partial charge is 0.341 e. The Labute approximate surface area is 234 Å². The normalized spacial score (nSPS) is 17.1. The molecule has 40 heavy (non-hydrogen) atoms. The van der Waals surface area contributed by atoms with E-state index in [9.17, 15) is 14.0 Å². The molecule has 2 fully saturated rings. The molecular weight excluding hydrogens is 529 g/mol. The summed E-state index contributed by atoms with van der Waals surface area (Å²) in [5.74, 6) is 0.309. The van der Waals surface area contributed by atoms with Crippen molar-refractivity contribution in [3.05, 3.63) is 83.2 Å². The van der Waals surface area contributed by atoms with E-state index in [0.29, 0.717) is 40.3 Å². The first-order valence-corrected chi connectivity index (χ1v) is 13.9. The molecule has 6 rings (SSSR count). The van der Waals surface area contributed by atoms with Gasteiger partial charge in [0.25, 0.3) is 11.1 Å². The Morgan fingerprint density at radius 3 is 2.77 bits per heavy atom. The van der Waals surface area contributed by atoms with E-state index in [4.69, 9.17) is 0 Å². The summed E-state index contributed by atoms with van der Waals surface area (Å²) in [6.07, 6.45) is 10.0. The molecule has 2 aliphatic rings. The molecule has 0 bridgehead atoms. The predicted molar refractivity (Wildman–Crippen MR) is 153 cm³/mol. The fraction of sp³-hybridized carbons (Fsp3) is 0.241. The first-order valence-electron chi connectivity index (χ1n) is 13.0. The van der Waals surface area contributed by atoms with E-state index in [1.807, 2.05) is 30.5 Å². The Kier molecular flexibility index (Phi) is 7.47. The lowest BCUT2D eigenvalue weighted by molar-refractivity contribution is -0.115. The van der Waals surface area contributed by atoms with Crippen molar-refractivity contribution in [1.29, 1.82) is 0 Å². The number of imide groups is 1. The lowest BCUT2D eigenvalue weighted by Gasteiger charge is -2.32. The highest BCUT2D eigenvalue weighted by atomic mass is 32.2. The van der Waals surface area contributed by atoms with Crippen molar-refractivity contribution in [1.82, 2.24) is 30.6 Å². The lowest BCUT2D eigenvalue weighted by atomic mass is 9.97. The molecule has 4 aromatic rings. The third kappa shape index (κ3) is 5.70. The molecule has 9 nitrogen and oxygen atoms in total. The molecule has 2 saturated heterocycles. The number of piperidine rings is 1. The summed E-state index contributed by atoms with van der Waals surface area (Å²) in [5.41, 5.74) is 2.74. The molecule has 0 saturated carbocycles. The van der Waals surface area contributed by atoms with Crippen LogP contribution in [0.25, 0.3) is 28.1 Å². The molecule has 5 heterocycles. The highest BCUT2D eigenvalue weighted by Gasteiger charge is 2.26. The van der Waals surface area contributed by atoms with E-state index in [1.54, 1.807) is 30.6 Å². The number of hydrogen-bond donors (Lipinski definition) is 2. The van der Waals surface area contributed by atoms with Crippen LogP contribution in [0.15, 0.2) is 66.1 Å². The van der Waals surface area contributed by atoms with Crippen LogP contribution >= 0.6 is 11.8 Å². The second-order valence-corrected chi connectivity index (χ2v) is 10.8. The number of carbonyl (C=O) groups is 2. The van der Waals surface area contributed by atoms with Gasteiger partial charge in [0.2, 0.25) is 5.95 Å². The van der Waals surface area contributed by atoms with E-state index in [0.717, 1.165) is 60.6 Å². The zero-order chi connectivity index (χ0) is 27.5. The Balaban J connectivity index is 1.04. The number of benzene rings is 1. The minimum absolute atomic E-state index is 0.325. The van der Waals surface area contributed by atoms with E-state index in [2.05, 4.69) is 35.5 Å². The first-order chi connectivity index (χ1) is 19.5. The maximum Gasteiger partial charge on any atom is 0.290 e. The molecule has 11 heteroatoms. The Bertz CT molecular complexity index is 1620. The molecule has 202 valence electrons. The smallest absolute Gasteiger partial charge is 0.290 e. The fourth-order valence-electron chi connectivity index (χ4n) is 4.98. The lowest BCUT2D eigenvalue weighted by Crippen LogP contribution is -2.38. The minimum atomic E-state index is -0.406. The molecule has 2 amide bonds. The number of aromatic nitrogens is 4. The van der Waals surface area contributed by atoms with Crippen molar-refractivity contribution in [3.8, 4) is 11.3 Å². The summed E-state index contributed by atoms with van der Waals surface area (Å²) >= 11 is 0.868. The highest BCUT2D eigenvalue weighted by Crippen LogP contribution is 2.28. The van der Waals surface area contributed by atoms with Crippen LogP contribution < -0.4 is 15.5 Å². The number of halogens is 1. The predicted octanol–water partition coefficient (Wildman–Crippen LogP) is 4.56. The highest BCUT2D eigenvalue weighted by molar-refractivity contribution is 8.18. The summed E-state index contributed by atoms with van der Waals surface area (Å²) in [7, 11) is 0. The number of pyridine rings is 2. The Hall–Kier alpha value is -4.22. The first kappa shape index (κ1) is 26.0. The van der Waals surface area contributed by atoms with Crippen LogP contribution in [-0.4, -0.2) is 50.7 Å². The second kappa shape index (κ2) is 11.5. The average Bonchev–Trinajstić information content (AvgIpc) is 3.30. The van der Waals surface area contributed by atoms with Gasteiger partial charge in [-0.2, -0.15) is 0 Å². The zero-order valence-electron chi connectivity index (χ0n) is 21.5. The summed E-state index contributed by atoms with van der Waals surface area (Å²) in [6, 6.07) is 11.5. The summed E-state index contributed by atoms with van der Waals surface area (Å²) in [6.45, 7) is 2.77. The monoisotopic (exact) mass is 555 g/mol. The van der Waals surface area contributed by atoms with Crippen molar-refractivity contribution in [2.45, 2.75) is 19.4 Å². The quantitative estimate of drug-likeness (QED) is 0.317. The molecule has 0 radical (unpaired) electrons. The number of thioether (sulfide) groups is 1.